The zero-order valence-electron chi connectivity index (χ0n) is 23.1. The monoisotopic (exact) mass is 585 g/mol. The molecule has 1 aliphatic heterocycles. The number of azo groups is 1. The first kappa shape index (κ1) is 29.8. The smallest absolute Gasteiger partial charge is 0.303 e. The SMILES string of the molecule is COc1ccc(N=Nc2nc3c(=O)[nH]c(NC(C)=O)nc3n2[C@@H]2O[C@H](COC(C)=O)[C@H](OC(C)=O)C2OC(C)=O)cc1. The van der Waals surface area contributed by atoms with Crippen molar-refractivity contribution < 1.29 is 42.9 Å². The number of ether oxygens (including phenoxy) is 5. The van der Waals surface area contributed by atoms with Gasteiger partial charge in [-0.25, -0.2) is 4.98 Å². The number of methoxy groups -OCH3 is 1. The molecular weight excluding hydrogens is 558 g/mol. The molecule has 4 rings (SSSR count). The molecule has 2 aromatic heterocycles. The van der Waals surface area contributed by atoms with E-state index in [4.69, 9.17) is 23.7 Å². The van der Waals surface area contributed by atoms with Crippen LogP contribution in [0.2, 0.25) is 0 Å². The average Bonchev–Trinajstić information content (AvgIpc) is 3.43. The first-order valence-electron chi connectivity index (χ1n) is 12.5. The van der Waals surface area contributed by atoms with Crippen LogP contribution in [-0.2, 0) is 38.1 Å². The van der Waals surface area contributed by atoms with Crippen LogP contribution in [0.5, 0.6) is 5.75 Å². The first-order valence-corrected chi connectivity index (χ1v) is 12.5. The van der Waals surface area contributed by atoms with E-state index in [-0.39, 0.29) is 29.7 Å². The minimum absolute atomic E-state index is 0.136. The molecule has 1 fully saturated rings. The quantitative estimate of drug-likeness (QED) is 0.209. The Hall–Kier alpha value is -5.19. The molecule has 1 amide bonds. The van der Waals surface area contributed by atoms with Crippen molar-refractivity contribution in [1.29, 1.82) is 0 Å². The summed E-state index contributed by atoms with van der Waals surface area (Å²) >= 11 is 0. The molecule has 0 aliphatic carbocycles. The maximum Gasteiger partial charge on any atom is 0.303 e. The fourth-order valence-electron chi connectivity index (χ4n) is 4.16. The van der Waals surface area contributed by atoms with Gasteiger partial charge in [-0.1, -0.05) is 0 Å². The lowest BCUT2D eigenvalue weighted by Crippen LogP contribution is -2.40. The summed E-state index contributed by atoms with van der Waals surface area (Å²) < 4.78 is 28.5. The summed E-state index contributed by atoms with van der Waals surface area (Å²) in [4.78, 5) is 71.3. The molecular formula is C25H27N7O10. The summed E-state index contributed by atoms with van der Waals surface area (Å²) in [6, 6.07) is 6.55. The van der Waals surface area contributed by atoms with Crippen LogP contribution in [0.25, 0.3) is 11.2 Å². The van der Waals surface area contributed by atoms with E-state index < -0.39 is 53.9 Å². The molecule has 222 valence electrons. The van der Waals surface area contributed by atoms with E-state index in [2.05, 4.69) is 30.5 Å². The minimum Gasteiger partial charge on any atom is -0.497 e. The highest BCUT2D eigenvalue weighted by molar-refractivity contribution is 5.87. The molecule has 0 radical (unpaired) electrons. The normalized spacial score (nSPS) is 19.9. The molecule has 1 unspecified atom stereocenters. The number of carbonyl (C=O) groups is 4. The van der Waals surface area contributed by atoms with E-state index in [1.54, 1.807) is 24.3 Å². The summed E-state index contributed by atoms with van der Waals surface area (Å²) in [5.41, 5.74) is -0.698. The molecule has 1 aromatic carbocycles. The molecule has 17 nitrogen and oxygen atoms in total. The highest BCUT2D eigenvalue weighted by Gasteiger charge is 2.52. The summed E-state index contributed by atoms with van der Waals surface area (Å²) in [6.07, 6.45) is -5.08. The lowest BCUT2D eigenvalue weighted by atomic mass is 10.1. The number of nitrogens with one attached hydrogen (secondary N) is 2. The number of carbonyl (C=O) groups excluding carboxylic acids is 4. The molecule has 0 bridgehead atoms. The van der Waals surface area contributed by atoms with E-state index in [0.29, 0.717) is 11.4 Å². The summed E-state index contributed by atoms with van der Waals surface area (Å²) in [7, 11) is 1.51. The number of anilines is 1. The second-order valence-electron chi connectivity index (χ2n) is 8.96. The van der Waals surface area contributed by atoms with Crippen LogP contribution in [-0.4, -0.2) is 75.4 Å². The van der Waals surface area contributed by atoms with Crippen molar-refractivity contribution in [3.05, 3.63) is 34.6 Å². The average molecular weight is 586 g/mol. The molecule has 4 atom stereocenters. The number of H-pyrrole nitrogens is 1. The van der Waals surface area contributed by atoms with Gasteiger partial charge in [-0.15, -0.1) is 10.2 Å². The van der Waals surface area contributed by atoms with Gasteiger partial charge in [-0.2, -0.15) is 4.98 Å². The number of benzene rings is 1. The minimum atomic E-state index is -1.37. The molecule has 0 saturated carbocycles. The number of aromatic nitrogens is 4. The van der Waals surface area contributed by atoms with E-state index in [0.717, 1.165) is 13.8 Å². The highest BCUT2D eigenvalue weighted by atomic mass is 16.7. The third kappa shape index (κ3) is 6.74. The highest BCUT2D eigenvalue weighted by Crippen LogP contribution is 2.39. The van der Waals surface area contributed by atoms with Gasteiger partial charge in [-0.05, 0) is 24.3 Å². The molecule has 3 heterocycles. The van der Waals surface area contributed by atoms with Crippen molar-refractivity contribution in [2.24, 2.45) is 10.2 Å². The van der Waals surface area contributed by atoms with E-state index in [1.807, 2.05) is 0 Å². The Labute approximate surface area is 237 Å². The van der Waals surface area contributed by atoms with Crippen LogP contribution in [0.4, 0.5) is 17.6 Å². The van der Waals surface area contributed by atoms with Gasteiger partial charge in [-0.3, -0.25) is 38.8 Å². The summed E-state index contributed by atoms with van der Waals surface area (Å²) in [5, 5.41) is 10.7. The third-order valence-corrected chi connectivity index (χ3v) is 5.75. The molecule has 3 aromatic rings. The number of fused-ring (bicyclic) bond motifs is 1. The van der Waals surface area contributed by atoms with Gasteiger partial charge < -0.3 is 23.7 Å². The van der Waals surface area contributed by atoms with Gasteiger partial charge in [0.15, 0.2) is 29.6 Å². The van der Waals surface area contributed by atoms with Crippen LogP contribution in [0.15, 0.2) is 39.3 Å². The van der Waals surface area contributed by atoms with Crippen molar-refractivity contribution in [3.63, 3.8) is 0 Å². The Morgan fingerprint density at radius 1 is 0.976 bits per heavy atom. The van der Waals surface area contributed by atoms with E-state index in [9.17, 15) is 24.0 Å². The third-order valence-electron chi connectivity index (χ3n) is 5.75. The van der Waals surface area contributed by atoms with Crippen LogP contribution in [0, 0.1) is 0 Å². The molecule has 42 heavy (non-hydrogen) atoms. The first-order chi connectivity index (χ1) is 20.0. The Morgan fingerprint density at radius 3 is 2.24 bits per heavy atom. The fourth-order valence-corrected chi connectivity index (χ4v) is 4.16. The van der Waals surface area contributed by atoms with Crippen molar-refractivity contribution >= 4 is 52.6 Å². The number of aromatic amines is 1. The summed E-state index contributed by atoms with van der Waals surface area (Å²) in [5.74, 6) is -2.48. The number of hydrogen-bond acceptors (Lipinski definition) is 14. The maximum atomic E-state index is 13.0. The molecule has 1 saturated heterocycles. The Balaban J connectivity index is 1.90. The lowest BCUT2D eigenvalue weighted by molar-refractivity contribution is -0.166. The predicted octanol–water partition coefficient (Wildman–Crippen LogP) is 1.83. The topological polar surface area (TPSA) is 215 Å². The Kier molecular flexibility index (Phi) is 8.90. The number of amides is 1. The maximum absolute atomic E-state index is 13.0. The number of rotatable bonds is 9. The number of imidazole rings is 1. The van der Waals surface area contributed by atoms with Crippen molar-refractivity contribution in [1.82, 2.24) is 19.5 Å². The van der Waals surface area contributed by atoms with Gasteiger partial charge in [0.05, 0.1) is 12.8 Å². The second-order valence-corrected chi connectivity index (χ2v) is 8.96. The van der Waals surface area contributed by atoms with Gasteiger partial charge in [0.25, 0.3) is 11.5 Å². The Morgan fingerprint density at radius 2 is 1.64 bits per heavy atom. The molecule has 2 N–H and O–H groups in total. The second kappa shape index (κ2) is 12.5. The largest absolute Gasteiger partial charge is 0.497 e. The number of nitrogens with zero attached hydrogens (tertiary/aromatic N) is 5. The van der Waals surface area contributed by atoms with E-state index >= 15 is 0 Å². The number of hydrogen-bond donors (Lipinski definition) is 2. The van der Waals surface area contributed by atoms with Crippen LogP contribution >= 0.6 is 0 Å². The van der Waals surface area contributed by atoms with Gasteiger partial charge >= 0.3 is 17.9 Å². The number of esters is 3. The standard InChI is InChI=1S/C25H27N7O10/c1-11(33)26-24-28-21-18(22(37)29-24)27-25(31-30-15-6-8-16(38-5)9-7-15)32(21)23-20(41-14(4)36)19(40-13(3)35)17(42-23)10-39-12(2)34/h6-9,17,19-20,23H,10H2,1-5H3,(H2,26,28,29,33,37)/t17-,19+,20?,23-/m1/s1. The Bertz CT molecular complexity index is 1600. The predicted molar refractivity (Wildman–Crippen MR) is 141 cm³/mol. The molecule has 0 spiro atoms. The molecule has 17 heteroatoms. The fraction of sp³-hybridized carbons (Fsp3) is 0.400. The van der Waals surface area contributed by atoms with Crippen molar-refractivity contribution in [3.8, 4) is 5.75 Å². The van der Waals surface area contributed by atoms with E-state index in [1.165, 1.54) is 25.5 Å². The van der Waals surface area contributed by atoms with Crippen LogP contribution in [0.3, 0.4) is 0 Å². The van der Waals surface area contributed by atoms with Gasteiger partial charge in [0, 0.05) is 27.7 Å². The molecule has 1 aliphatic rings. The summed E-state index contributed by atoms with van der Waals surface area (Å²) in [6.45, 7) is 4.30. The zero-order valence-corrected chi connectivity index (χ0v) is 23.1. The van der Waals surface area contributed by atoms with Crippen LogP contribution in [0.1, 0.15) is 33.9 Å². The zero-order chi connectivity index (χ0) is 30.6. The van der Waals surface area contributed by atoms with Gasteiger partial charge in [0.2, 0.25) is 11.9 Å². The van der Waals surface area contributed by atoms with Crippen molar-refractivity contribution in [2.75, 3.05) is 19.0 Å². The lowest BCUT2D eigenvalue weighted by Gasteiger charge is -2.24. The van der Waals surface area contributed by atoms with Gasteiger partial charge in [0.1, 0.15) is 18.5 Å². The van der Waals surface area contributed by atoms with Crippen LogP contribution < -0.4 is 15.6 Å². The van der Waals surface area contributed by atoms with Crippen molar-refractivity contribution in [2.45, 2.75) is 52.2 Å².